The molecule has 1 aromatic carbocycles. The van der Waals surface area contributed by atoms with Crippen LogP contribution in [0, 0.1) is 11.8 Å². The topological polar surface area (TPSA) is 116 Å². The summed E-state index contributed by atoms with van der Waals surface area (Å²) < 4.78 is 46.2. The van der Waals surface area contributed by atoms with Crippen molar-refractivity contribution < 1.29 is 16.8 Å². The first-order chi connectivity index (χ1) is 14.1. The van der Waals surface area contributed by atoms with Crippen LogP contribution in [-0.2, 0) is 19.7 Å². The highest BCUT2D eigenvalue weighted by molar-refractivity contribution is 7.91. The first-order valence-electron chi connectivity index (χ1n) is 9.71. The molecule has 1 aromatic rings. The molecule has 0 amide bonds. The van der Waals surface area contributed by atoms with Gasteiger partial charge in [-0.2, -0.15) is 0 Å². The minimum absolute atomic E-state index is 0.0688. The van der Waals surface area contributed by atoms with Crippen LogP contribution < -0.4 is 21.3 Å². The maximum atomic E-state index is 11.6. The summed E-state index contributed by atoms with van der Waals surface area (Å²) in [6, 6.07) is 7.42. The Morgan fingerprint density at radius 3 is 1.53 bits per heavy atom. The van der Waals surface area contributed by atoms with Crippen molar-refractivity contribution in [2.45, 2.75) is 12.8 Å². The molecule has 2 aliphatic heterocycles. The molecule has 2 atom stereocenters. The van der Waals surface area contributed by atoms with Crippen LogP contribution in [0.2, 0.25) is 0 Å². The zero-order valence-corrected chi connectivity index (χ0v) is 19.7. The number of para-hydroxylation sites is 2. The molecule has 8 nitrogen and oxygen atoms in total. The summed E-state index contributed by atoms with van der Waals surface area (Å²) >= 11 is 10.7. The van der Waals surface area contributed by atoms with Crippen molar-refractivity contribution in [3.05, 3.63) is 24.3 Å². The Morgan fingerprint density at radius 2 is 1.20 bits per heavy atom. The predicted molar refractivity (Wildman–Crippen MR) is 128 cm³/mol. The number of benzene rings is 1. The van der Waals surface area contributed by atoms with Crippen molar-refractivity contribution in [1.82, 2.24) is 10.6 Å². The summed E-state index contributed by atoms with van der Waals surface area (Å²) in [5.41, 5.74) is 1.45. The van der Waals surface area contributed by atoms with Crippen LogP contribution >= 0.6 is 24.4 Å². The Balaban J connectivity index is 1.47. The summed E-state index contributed by atoms with van der Waals surface area (Å²) in [5.74, 6) is 1.01. The van der Waals surface area contributed by atoms with Crippen LogP contribution in [0.4, 0.5) is 11.4 Å². The summed E-state index contributed by atoms with van der Waals surface area (Å²) in [6.45, 7) is 1.01. The second kappa shape index (κ2) is 9.75. The van der Waals surface area contributed by atoms with Gasteiger partial charge in [0.15, 0.2) is 29.9 Å². The molecule has 0 aromatic heterocycles. The van der Waals surface area contributed by atoms with Gasteiger partial charge in [0, 0.05) is 13.1 Å². The summed E-state index contributed by atoms with van der Waals surface area (Å²) in [5, 5.41) is 13.2. The highest BCUT2D eigenvalue weighted by Crippen LogP contribution is 2.22. The van der Waals surface area contributed by atoms with Gasteiger partial charge < -0.3 is 21.3 Å². The third kappa shape index (κ3) is 7.03. The SMILES string of the molecule is O=S1(=O)CCC(CNC(=S)Nc2ccccc2NC(=S)NCC2CCS(=O)(=O)C2)C1. The Kier molecular flexibility index (Phi) is 7.53. The normalized spacial score (nSPS) is 24.1. The van der Waals surface area contributed by atoms with E-state index in [0.29, 0.717) is 36.2 Å². The van der Waals surface area contributed by atoms with E-state index >= 15 is 0 Å². The highest BCUT2D eigenvalue weighted by atomic mass is 32.2. The average molecular weight is 491 g/mol. The molecule has 12 heteroatoms. The molecule has 4 N–H and O–H groups in total. The number of anilines is 2. The van der Waals surface area contributed by atoms with Gasteiger partial charge in [0.2, 0.25) is 0 Å². The lowest BCUT2D eigenvalue weighted by atomic mass is 10.1. The molecule has 0 saturated carbocycles. The highest BCUT2D eigenvalue weighted by Gasteiger charge is 2.28. The smallest absolute Gasteiger partial charge is 0.170 e. The molecule has 0 spiro atoms. The summed E-state index contributed by atoms with van der Waals surface area (Å²) in [6.07, 6.45) is 1.30. The Hall–Kier alpha value is -1.50. The lowest BCUT2D eigenvalue weighted by Crippen LogP contribution is -2.35. The Bertz CT molecular complexity index is 930. The van der Waals surface area contributed by atoms with Crippen molar-refractivity contribution >= 4 is 65.7 Å². The van der Waals surface area contributed by atoms with E-state index in [4.69, 9.17) is 24.4 Å². The number of nitrogens with one attached hydrogen (secondary N) is 4. The van der Waals surface area contributed by atoms with Crippen molar-refractivity contribution in [3.8, 4) is 0 Å². The van der Waals surface area contributed by atoms with Gasteiger partial charge in [-0.15, -0.1) is 0 Å². The number of rotatable bonds is 6. The number of hydrogen-bond acceptors (Lipinski definition) is 6. The third-order valence-electron chi connectivity index (χ3n) is 5.18. The van der Waals surface area contributed by atoms with E-state index in [1.54, 1.807) is 0 Å². The monoisotopic (exact) mass is 490 g/mol. The quantitative estimate of drug-likeness (QED) is 0.432. The second-order valence-corrected chi connectivity index (χ2v) is 13.0. The fourth-order valence-corrected chi connectivity index (χ4v) is 7.68. The summed E-state index contributed by atoms with van der Waals surface area (Å²) in [7, 11) is -5.82. The molecule has 3 rings (SSSR count). The maximum Gasteiger partial charge on any atom is 0.170 e. The summed E-state index contributed by atoms with van der Waals surface area (Å²) in [4.78, 5) is 0. The van der Waals surface area contributed by atoms with Gasteiger partial charge in [-0.1, -0.05) is 12.1 Å². The van der Waals surface area contributed by atoms with Crippen molar-refractivity contribution in [2.75, 3.05) is 46.7 Å². The average Bonchev–Trinajstić information content (AvgIpc) is 3.20. The van der Waals surface area contributed by atoms with Gasteiger partial charge in [-0.3, -0.25) is 0 Å². The van der Waals surface area contributed by atoms with E-state index in [1.807, 2.05) is 24.3 Å². The molecule has 166 valence electrons. The molecule has 0 aliphatic carbocycles. The van der Waals surface area contributed by atoms with E-state index in [2.05, 4.69) is 21.3 Å². The van der Waals surface area contributed by atoms with Gasteiger partial charge in [0.05, 0.1) is 34.4 Å². The van der Waals surface area contributed by atoms with E-state index in [9.17, 15) is 16.8 Å². The molecule has 0 radical (unpaired) electrons. The van der Waals surface area contributed by atoms with Crippen molar-refractivity contribution in [2.24, 2.45) is 11.8 Å². The van der Waals surface area contributed by atoms with Crippen LogP contribution in [0.5, 0.6) is 0 Å². The molecular formula is C18H26N4O4S4. The minimum Gasteiger partial charge on any atom is -0.362 e. The molecule has 0 bridgehead atoms. The van der Waals surface area contributed by atoms with E-state index < -0.39 is 19.7 Å². The fourth-order valence-electron chi connectivity index (χ4n) is 3.57. The fraction of sp³-hybridized carbons (Fsp3) is 0.556. The van der Waals surface area contributed by atoms with E-state index in [-0.39, 0.29) is 34.8 Å². The molecule has 2 saturated heterocycles. The van der Waals surface area contributed by atoms with Crippen LogP contribution in [0.25, 0.3) is 0 Å². The van der Waals surface area contributed by atoms with Gasteiger partial charge in [-0.25, -0.2) is 16.8 Å². The first kappa shape index (κ1) is 23.2. The van der Waals surface area contributed by atoms with Crippen LogP contribution in [0.1, 0.15) is 12.8 Å². The van der Waals surface area contributed by atoms with Crippen LogP contribution in [0.3, 0.4) is 0 Å². The zero-order chi connectivity index (χ0) is 21.8. The Labute approximate surface area is 188 Å². The zero-order valence-electron chi connectivity index (χ0n) is 16.4. The van der Waals surface area contributed by atoms with E-state index in [1.165, 1.54) is 0 Å². The maximum absolute atomic E-state index is 11.6. The number of hydrogen-bond donors (Lipinski definition) is 4. The molecule has 2 fully saturated rings. The van der Waals surface area contributed by atoms with Gasteiger partial charge in [0.25, 0.3) is 0 Å². The minimum atomic E-state index is -2.91. The lowest BCUT2D eigenvalue weighted by Gasteiger charge is -2.18. The molecule has 2 unspecified atom stereocenters. The molecule has 2 heterocycles. The number of thiocarbonyl (C=S) groups is 2. The number of sulfone groups is 2. The van der Waals surface area contributed by atoms with Crippen molar-refractivity contribution in [1.29, 1.82) is 0 Å². The second-order valence-electron chi connectivity index (χ2n) is 7.75. The van der Waals surface area contributed by atoms with Crippen LogP contribution in [0.15, 0.2) is 24.3 Å². The van der Waals surface area contributed by atoms with Crippen LogP contribution in [-0.4, -0.2) is 63.2 Å². The third-order valence-corrected chi connectivity index (χ3v) is 9.35. The molecule has 2 aliphatic rings. The van der Waals surface area contributed by atoms with Gasteiger partial charge in [0.1, 0.15) is 0 Å². The lowest BCUT2D eigenvalue weighted by molar-refractivity contribution is 0.573. The molecular weight excluding hydrogens is 464 g/mol. The first-order valence-corrected chi connectivity index (χ1v) is 14.2. The van der Waals surface area contributed by atoms with Gasteiger partial charge in [-0.05, 0) is 61.2 Å². The predicted octanol–water partition coefficient (Wildman–Crippen LogP) is 1.13. The Morgan fingerprint density at radius 1 is 0.800 bits per heavy atom. The van der Waals surface area contributed by atoms with Crippen molar-refractivity contribution in [3.63, 3.8) is 0 Å². The molecule has 30 heavy (non-hydrogen) atoms. The van der Waals surface area contributed by atoms with E-state index in [0.717, 1.165) is 11.4 Å². The largest absolute Gasteiger partial charge is 0.362 e. The standard InChI is InChI=1S/C18H26N4O4S4/c23-29(24)7-5-13(11-29)9-19-17(27)21-15-3-1-2-4-16(15)22-18(28)20-10-14-6-8-30(25,26)12-14/h1-4,13-14H,5-12H2,(H2,19,21,27)(H2,20,22,28). The van der Waals surface area contributed by atoms with Gasteiger partial charge >= 0.3 is 0 Å².